The first-order valence-electron chi connectivity index (χ1n) is 11.8. The smallest absolute Gasteiger partial charge is 0.245 e. The molecule has 0 spiro atoms. The number of aromatic nitrogens is 3. The zero-order valence-electron chi connectivity index (χ0n) is 20.2. The third-order valence-corrected chi connectivity index (χ3v) is 6.58. The third kappa shape index (κ3) is 5.66. The fraction of sp³-hybridized carbons (Fsp3) is 0.462. The van der Waals surface area contributed by atoms with Crippen LogP contribution >= 0.6 is 24.0 Å². The van der Waals surface area contributed by atoms with Crippen molar-refractivity contribution in [2.24, 2.45) is 5.92 Å². The van der Waals surface area contributed by atoms with Crippen molar-refractivity contribution < 1.29 is 9.13 Å². The van der Waals surface area contributed by atoms with Crippen molar-refractivity contribution in [1.29, 1.82) is 0 Å². The topological polar surface area (TPSA) is 43.2 Å². The molecule has 0 radical (unpaired) electrons. The minimum Gasteiger partial charge on any atom is -0.496 e. The summed E-state index contributed by atoms with van der Waals surface area (Å²) in [5.41, 5.74) is 2.88. The van der Waals surface area contributed by atoms with Gasteiger partial charge in [-0.05, 0) is 55.0 Å². The average molecular weight is 507 g/mol. The van der Waals surface area contributed by atoms with Crippen LogP contribution in [0.25, 0.3) is 5.69 Å². The van der Waals surface area contributed by atoms with Crippen LogP contribution in [-0.2, 0) is 6.42 Å². The normalized spacial score (nSPS) is 13.9. The second-order valence-electron chi connectivity index (χ2n) is 8.81. The van der Waals surface area contributed by atoms with Gasteiger partial charge in [-0.1, -0.05) is 50.4 Å². The van der Waals surface area contributed by atoms with Crippen LogP contribution in [-0.4, -0.2) is 28.4 Å². The van der Waals surface area contributed by atoms with E-state index in [1.54, 1.807) is 19.2 Å². The van der Waals surface area contributed by atoms with E-state index in [2.05, 4.69) is 18.7 Å². The Labute approximate surface area is 212 Å². The molecule has 2 aromatic carbocycles. The molecule has 34 heavy (non-hydrogen) atoms. The molecular formula is C26H33Cl2FN4O. The van der Waals surface area contributed by atoms with E-state index in [0.717, 1.165) is 54.2 Å². The lowest BCUT2D eigenvalue weighted by Crippen LogP contribution is -2.31. The number of aryl methyl sites for hydroxylation is 2. The van der Waals surface area contributed by atoms with Crippen LogP contribution in [0.4, 0.5) is 10.3 Å². The number of benzene rings is 2. The van der Waals surface area contributed by atoms with E-state index in [1.165, 1.54) is 12.8 Å². The molecule has 0 bridgehead atoms. The van der Waals surface area contributed by atoms with Crippen molar-refractivity contribution >= 4 is 30.0 Å². The first-order chi connectivity index (χ1) is 15.9. The van der Waals surface area contributed by atoms with Gasteiger partial charge in [-0.15, -0.1) is 17.5 Å². The summed E-state index contributed by atoms with van der Waals surface area (Å²) in [4.78, 5) is 7.23. The molecule has 1 atom stereocenters. The number of hydrogen-bond acceptors (Lipinski definition) is 4. The van der Waals surface area contributed by atoms with Crippen LogP contribution in [0.5, 0.6) is 5.75 Å². The number of rotatable bonds is 10. The Morgan fingerprint density at radius 3 is 2.50 bits per heavy atom. The maximum Gasteiger partial charge on any atom is 0.245 e. The predicted molar refractivity (Wildman–Crippen MR) is 138 cm³/mol. The van der Waals surface area contributed by atoms with E-state index in [9.17, 15) is 4.39 Å². The van der Waals surface area contributed by atoms with Crippen LogP contribution in [0.1, 0.15) is 62.5 Å². The Hall–Kier alpha value is -2.31. The van der Waals surface area contributed by atoms with Crippen LogP contribution in [0, 0.1) is 18.7 Å². The Bertz CT molecular complexity index is 1100. The number of ether oxygens (including phenoxy) is 1. The Morgan fingerprint density at radius 1 is 1.21 bits per heavy atom. The van der Waals surface area contributed by atoms with E-state index in [-0.39, 0.29) is 24.3 Å². The molecule has 4 rings (SSSR count). The molecule has 1 fully saturated rings. The molecule has 1 unspecified atom stereocenters. The minimum absolute atomic E-state index is 0. The first kappa shape index (κ1) is 26.3. The van der Waals surface area contributed by atoms with Gasteiger partial charge in [-0.3, -0.25) is 0 Å². The van der Waals surface area contributed by atoms with Crippen molar-refractivity contribution in [3.8, 4) is 11.4 Å². The summed E-state index contributed by atoms with van der Waals surface area (Å²) in [6.45, 7) is 7.04. The second-order valence-corrected chi connectivity index (χ2v) is 9.21. The van der Waals surface area contributed by atoms with Crippen molar-refractivity contribution in [3.63, 3.8) is 0 Å². The Kier molecular flexibility index (Phi) is 8.83. The zero-order valence-corrected chi connectivity index (χ0v) is 21.8. The first-order valence-corrected chi connectivity index (χ1v) is 12.1. The number of halogens is 3. The molecule has 0 amide bonds. The highest BCUT2D eigenvalue weighted by atomic mass is 35.5. The molecule has 0 aliphatic heterocycles. The second kappa shape index (κ2) is 11.4. The van der Waals surface area contributed by atoms with Crippen LogP contribution < -0.4 is 9.64 Å². The van der Waals surface area contributed by atoms with E-state index in [4.69, 9.17) is 26.4 Å². The number of nitrogens with zero attached hydrogens (tertiary/aromatic N) is 4. The third-order valence-electron chi connectivity index (χ3n) is 6.28. The van der Waals surface area contributed by atoms with Gasteiger partial charge in [-0.25, -0.2) is 9.07 Å². The van der Waals surface area contributed by atoms with Crippen molar-refractivity contribution in [2.45, 2.75) is 58.9 Å². The molecule has 1 saturated carbocycles. The van der Waals surface area contributed by atoms with Crippen molar-refractivity contribution in [2.75, 3.05) is 18.6 Å². The molecule has 0 saturated heterocycles. The lowest BCUT2D eigenvalue weighted by atomic mass is 9.99. The number of anilines is 1. The quantitative estimate of drug-likeness (QED) is 0.293. The van der Waals surface area contributed by atoms with E-state index in [0.29, 0.717) is 16.9 Å². The highest BCUT2D eigenvalue weighted by molar-refractivity contribution is 6.32. The fourth-order valence-electron chi connectivity index (χ4n) is 4.34. The summed E-state index contributed by atoms with van der Waals surface area (Å²) in [5.74, 6) is 2.77. The largest absolute Gasteiger partial charge is 0.496 e. The maximum absolute atomic E-state index is 13.6. The van der Waals surface area contributed by atoms with Gasteiger partial charge in [-0.2, -0.15) is 4.98 Å². The molecule has 1 aromatic heterocycles. The zero-order chi connectivity index (χ0) is 23.5. The molecule has 1 aliphatic carbocycles. The van der Waals surface area contributed by atoms with Gasteiger partial charge in [0.05, 0.1) is 23.9 Å². The van der Waals surface area contributed by atoms with Gasteiger partial charge in [0.25, 0.3) is 0 Å². The fourth-order valence-corrected chi connectivity index (χ4v) is 4.57. The van der Waals surface area contributed by atoms with Crippen molar-refractivity contribution in [1.82, 2.24) is 14.8 Å². The van der Waals surface area contributed by atoms with E-state index in [1.807, 2.05) is 35.9 Å². The molecule has 0 N–H and O–H groups in total. The summed E-state index contributed by atoms with van der Waals surface area (Å²) in [7, 11) is 1.64. The van der Waals surface area contributed by atoms with Crippen LogP contribution in [0.15, 0.2) is 36.4 Å². The lowest BCUT2D eigenvalue weighted by Gasteiger charge is -2.31. The predicted octanol–water partition coefficient (Wildman–Crippen LogP) is 7.12. The van der Waals surface area contributed by atoms with Gasteiger partial charge < -0.3 is 9.64 Å². The SMILES string of the molecule is CCCN(c1nc(CC)n(-c2cc(C)c(OC)cc2Cl)n1)C(CC1CC1)c1ccc(F)cc1.Cl. The summed E-state index contributed by atoms with van der Waals surface area (Å²) in [6.07, 6.45) is 5.20. The van der Waals surface area contributed by atoms with Crippen LogP contribution in [0.2, 0.25) is 5.02 Å². The average Bonchev–Trinajstić information content (AvgIpc) is 3.54. The summed E-state index contributed by atoms with van der Waals surface area (Å²) < 4.78 is 20.9. The Balaban J connectivity index is 0.00000324. The van der Waals surface area contributed by atoms with Crippen LogP contribution in [0.3, 0.4) is 0 Å². The molecule has 5 nitrogen and oxygen atoms in total. The highest BCUT2D eigenvalue weighted by Crippen LogP contribution is 2.41. The molecule has 3 aromatic rings. The summed E-state index contributed by atoms with van der Waals surface area (Å²) in [5, 5.41) is 5.52. The Morgan fingerprint density at radius 2 is 1.91 bits per heavy atom. The molecule has 184 valence electrons. The molecular weight excluding hydrogens is 474 g/mol. The highest BCUT2D eigenvalue weighted by Gasteiger charge is 2.32. The molecule has 1 aliphatic rings. The van der Waals surface area contributed by atoms with Gasteiger partial charge in [0.15, 0.2) is 0 Å². The molecule has 8 heteroatoms. The minimum atomic E-state index is -0.217. The number of hydrogen-bond donors (Lipinski definition) is 0. The lowest BCUT2D eigenvalue weighted by molar-refractivity contribution is 0.411. The molecule has 1 heterocycles. The summed E-state index contributed by atoms with van der Waals surface area (Å²) in [6, 6.07) is 10.8. The van der Waals surface area contributed by atoms with Gasteiger partial charge >= 0.3 is 0 Å². The van der Waals surface area contributed by atoms with Gasteiger partial charge in [0, 0.05) is 19.0 Å². The summed E-state index contributed by atoms with van der Waals surface area (Å²) >= 11 is 6.63. The number of methoxy groups -OCH3 is 1. The maximum atomic E-state index is 13.6. The van der Waals surface area contributed by atoms with Gasteiger partial charge in [0.2, 0.25) is 5.95 Å². The van der Waals surface area contributed by atoms with Crippen molar-refractivity contribution in [3.05, 3.63) is 64.2 Å². The van der Waals surface area contributed by atoms with E-state index < -0.39 is 0 Å². The monoisotopic (exact) mass is 506 g/mol. The van der Waals surface area contributed by atoms with E-state index >= 15 is 0 Å². The standard InChI is InChI=1S/C26H32ClFN4O.ClH/c1-5-13-31(22(15-18-7-8-18)19-9-11-20(28)12-10-19)26-29-25(6-2)32(30-26)23-14-17(3)24(33-4)16-21(23)27;/h9-12,14,16,18,22H,5-8,13,15H2,1-4H3;1H. The van der Waals surface area contributed by atoms with Gasteiger partial charge in [0.1, 0.15) is 17.4 Å².